The topological polar surface area (TPSA) is 81.0 Å². The lowest BCUT2D eigenvalue weighted by Crippen LogP contribution is -2.17. The maximum atomic E-state index is 14.1. The molecule has 0 amide bonds. The van der Waals surface area contributed by atoms with Crippen LogP contribution in [0, 0.1) is 17.1 Å². The number of rotatable bonds is 2. The molecule has 0 fully saturated rings. The van der Waals surface area contributed by atoms with Crippen molar-refractivity contribution in [2.24, 2.45) is 0 Å². The number of hydrogen-bond donors (Lipinski definition) is 1. The van der Waals surface area contributed by atoms with E-state index in [1.807, 2.05) is 0 Å². The number of alkyl halides is 3. The molecule has 5 nitrogen and oxygen atoms in total. The second-order valence-electron chi connectivity index (χ2n) is 4.53. The van der Waals surface area contributed by atoms with E-state index < -0.39 is 39.4 Å². The van der Waals surface area contributed by atoms with Crippen molar-refractivity contribution in [3.05, 3.63) is 45.4 Å². The molecule has 0 bridgehead atoms. The van der Waals surface area contributed by atoms with Gasteiger partial charge in [-0.2, -0.15) is 18.4 Å². The van der Waals surface area contributed by atoms with Crippen molar-refractivity contribution in [1.82, 2.24) is 4.57 Å². The first-order chi connectivity index (χ1) is 11.1. The Kier molecular flexibility index (Phi) is 4.57. The second-order valence-corrected chi connectivity index (χ2v) is 5.39. The largest absolute Gasteiger partial charge is 0.464 e. The number of nitrogen functional groups attached to an aromatic ring is 1. The minimum absolute atomic E-state index is 0.244. The van der Waals surface area contributed by atoms with Gasteiger partial charge in [0, 0.05) is 6.20 Å². The molecule has 0 aliphatic rings. The van der Waals surface area contributed by atoms with Crippen molar-refractivity contribution < 1.29 is 27.1 Å². The van der Waals surface area contributed by atoms with Gasteiger partial charge in [-0.15, -0.1) is 0 Å². The van der Waals surface area contributed by atoms with Crippen LogP contribution in [0.25, 0.3) is 5.69 Å². The van der Waals surface area contributed by atoms with Gasteiger partial charge < -0.3 is 15.0 Å². The average Bonchev–Trinajstić information content (AvgIpc) is 2.84. The third-order valence-electron chi connectivity index (χ3n) is 3.16. The number of carbonyl (C=O) groups excluding carboxylic acids is 1. The van der Waals surface area contributed by atoms with Crippen LogP contribution in [-0.2, 0) is 10.9 Å². The molecule has 0 saturated carbocycles. The fraction of sp³-hybridized carbons (Fsp3) is 0.143. The average molecular weight is 406 g/mol. The Bertz CT molecular complexity index is 868. The first kappa shape index (κ1) is 17.8. The molecular weight excluding hydrogens is 398 g/mol. The number of halogens is 5. The SMILES string of the molecule is COC(=O)c1c(N)c(C#N)cn1-c1ccc(Br)c(F)c1C(F)(F)F. The van der Waals surface area contributed by atoms with Crippen LogP contribution >= 0.6 is 15.9 Å². The van der Waals surface area contributed by atoms with E-state index in [4.69, 9.17) is 11.0 Å². The van der Waals surface area contributed by atoms with E-state index in [-0.39, 0.29) is 11.3 Å². The second kappa shape index (κ2) is 6.16. The van der Waals surface area contributed by atoms with Crippen LogP contribution in [0.15, 0.2) is 22.8 Å². The molecule has 0 radical (unpaired) electrons. The summed E-state index contributed by atoms with van der Waals surface area (Å²) in [5.41, 5.74) is 2.22. The molecule has 24 heavy (non-hydrogen) atoms. The Labute approximate surface area is 141 Å². The lowest BCUT2D eigenvalue weighted by atomic mass is 10.1. The van der Waals surface area contributed by atoms with Gasteiger partial charge >= 0.3 is 12.1 Å². The van der Waals surface area contributed by atoms with Crippen LogP contribution in [0.1, 0.15) is 21.6 Å². The van der Waals surface area contributed by atoms with Crippen LogP contribution in [0.4, 0.5) is 23.2 Å². The molecule has 0 atom stereocenters. The number of nitrogens with two attached hydrogens (primary N) is 1. The van der Waals surface area contributed by atoms with Crippen LogP contribution in [0.5, 0.6) is 0 Å². The van der Waals surface area contributed by atoms with Crippen molar-refractivity contribution in [1.29, 1.82) is 5.26 Å². The number of benzene rings is 1. The zero-order valence-electron chi connectivity index (χ0n) is 11.9. The van der Waals surface area contributed by atoms with Gasteiger partial charge in [0.05, 0.1) is 28.5 Å². The Hall–Kier alpha value is -2.54. The fourth-order valence-corrected chi connectivity index (χ4v) is 2.45. The summed E-state index contributed by atoms with van der Waals surface area (Å²) >= 11 is 2.69. The molecule has 2 rings (SSSR count). The summed E-state index contributed by atoms with van der Waals surface area (Å²) in [5.74, 6) is -2.62. The van der Waals surface area contributed by atoms with Crippen molar-refractivity contribution in [2.45, 2.75) is 6.18 Å². The first-order valence-electron chi connectivity index (χ1n) is 6.18. The lowest BCUT2D eigenvalue weighted by molar-refractivity contribution is -0.139. The highest BCUT2D eigenvalue weighted by Crippen LogP contribution is 2.39. The Morgan fingerprint density at radius 1 is 1.42 bits per heavy atom. The number of nitrogens with zero attached hydrogens (tertiary/aromatic N) is 2. The van der Waals surface area contributed by atoms with Gasteiger partial charge in [0.2, 0.25) is 0 Å². The quantitative estimate of drug-likeness (QED) is 0.610. The van der Waals surface area contributed by atoms with E-state index >= 15 is 0 Å². The maximum Gasteiger partial charge on any atom is 0.421 e. The van der Waals surface area contributed by atoms with Crippen molar-refractivity contribution in [2.75, 3.05) is 12.8 Å². The van der Waals surface area contributed by atoms with E-state index in [9.17, 15) is 22.4 Å². The van der Waals surface area contributed by atoms with E-state index in [0.717, 1.165) is 25.4 Å². The predicted octanol–water partition coefficient (Wildman–Crippen LogP) is 3.64. The fourth-order valence-electron chi connectivity index (χ4n) is 2.12. The molecule has 0 aliphatic heterocycles. The van der Waals surface area contributed by atoms with E-state index in [1.165, 1.54) is 0 Å². The molecule has 10 heteroatoms. The van der Waals surface area contributed by atoms with E-state index in [2.05, 4.69) is 20.7 Å². The Morgan fingerprint density at radius 3 is 2.54 bits per heavy atom. The minimum Gasteiger partial charge on any atom is -0.464 e. The standard InChI is InChI=1S/C14H8BrF4N3O2/c1-24-13(23)12-11(21)6(4-20)5-22(12)8-3-2-7(15)10(16)9(8)14(17,18)19/h2-3,5H,21H2,1H3. The summed E-state index contributed by atoms with van der Waals surface area (Å²) in [4.78, 5) is 11.9. The molecule has 1 heterocycles. The molecule has 0 saturated heterocycles. The minimum atomic E-state index is -5.05. The van der Waals surface area contributed by atoms with Crippen molar-refractivity contribution in [3.8, 4) is 11.8 Å². The molecular formula is C14H8BrF4N3O2. The summed E-state index contributed by atoms with van der Waals surface area (Å²) in [7, 11) is 0.998. The van der Waals surface area contributed by atoms with Gasteiger partial charge in [0.1, 0.15) is 11.6 Å². The number of carbonyl (C=O) groups is 1. The number of aromatic nitrogens is 1. The zero-order valence-corrected chi connectivity index (χ0v) is 13.5. The summed E-state index contributed by atoms with van der Waals surface area (Å²) in [6, 6.07) is 3.64. The van der Waals surface area contributed by atoms with Gasteiger partial charge in [-0.1, -0.05) is 0 Å². The molecule has 1 aromatic carbocycles. The first-order valence-corrected chi connectivity index (χ1v) is 6.97. The number of hydrogen-bond acceptors (Lipinski definition) is 4. The van der Waals surface area contributed by atoms with Gasteiger partial charge in [-0.05, 0) is 28.1 Å². The summed E-state index contributed by atoms with van der Waals surface area (Å²) in [6.45, 7) is 0. The van der Waals surface area contributed by atoms with Gasteiger partial charge in [-0.25, -0.2) is 9.18 Å². The molecule has 0 spiro atoms. The van der Waals surface area contributed by atoms with Crippen LogP contribution < -0.4 is 5.73 Å². The third kappa shape index (κ3) is 2.82. The zero-order chi connectivity index (χ0) is 18.2. The van der Waals surface area contributed by atoms with Crippen LogP contribution in [0.3, 0.4) is 0 Å². The molecule has 1 aromatic heterocycles. The lowest BCUT2D eigenvalue weighted by Gasteiger charge is -2.17. The van der Waals surface area contributed by atoms with Crippen LogP contribution in [0.2, 0.25) is 0 Å². The van der Waals surface area contributed by atoms with Crippen LogP contribution in [-0.4, -0.2) is 17.6 Å². The molecule has 0 unspecified atom stereocenters. The molecule has 2 aromatic rings. The maximum absolute atomic E-state index is 14.1. The number of nitriles is 1. The van der Waals surface area contributed by atoms with Gasteiger partial charge in [-0.3, -0.25) is 0 Å². The number of anilines is 1. The van der Waals surface area contributed by atoms with Crippen molar-refractivity contribution >= 4 is 27.6 Å². The molecule has 2 N–H and O–H groups in total. The Morgan fingerprint density at radius 2 is 2.04 bits per heavy atom. The summed E-state index contributed by atoms with van der Waals surface area (Å²) in [6.07, 6.45) is -4.14. The summed E-state index contributed by atoms with van der Waals surface area (Å²) in [5, 5.41) is 8.99. The highest BCUT2D eigenvalue weighted by molar-refractivity contribution is 9.10. The predicted molar refractivity (Wildman–Crippen MR) is 78.9 cm³/mol. The van der Waals surface area contributed by atoms with Gasteiger partial charge in [0.15, 0.2) is 11.5 Å². The highest BCUT2D eigenvalue weighted by atomic mass is 79.9. The highest BCUT2D eigenvalue weighted by Gasteiger charge is 2.39. The normalized spacial score (nSPS) is 11.2. The molecule has 126 valence electrons. The third-order valence-corrected chi connectivity index (χ3v) is 3.77. The summed E-state index contributed by atoms with van der Waals surface area (Å²) < 4.78 is 58.7. The van der Waals surface area contributed by atoms with E-state index in [0.29, 0.717) is 4.57 Å². The van der Waals surface area contributed by atoms with Gasteiger partial charge in [0.25, 0.3) is 0 Å². The van der Waals surface area contributed by atoms with Crippen molar-refractivity contribution in [3.63, 3.8) is 0 Å². The van der Waals surface area contributed by atoms with E-state index in [1.54, 1.807) is 6.07 Å². The number of esters is 1. The smallest absolute Gasteiger partial charge is 0.421 e. The number of ether oxygens (including phenoxy) is 1. The molecule has 0 aliphatic carbocycles. The Balaban J connectivity index is 2.91. The number of methoxy groups -OCH3 is 1. The monoisotopic (exact) mass is 405 g/mol.